The Morgan fingerprint density at radius 2 is 2.15 bits per heavy atom. The number of thioether (sulfide) groups is 1. The van der Waals surface area contributed by atoms with Crippen LogP contribution in [0.15, 0.2) is 22.7 Å². The van der Waals surface area contributed by atoms with E-state index in [4.69, 9.17) is 9.51 Å². The number of benzene rings is 1. The number of carbonyl (C=O) groups excluding carboxylic acids is 1. The van der Waals surface area contributed by atoms with Crippen LogP contribution in [0.1, 0.15) is 29.9 Å². The Bertz CT molecular complexity index is 940. The lowest BCUT2D eigenvalue weighted by Gasteiger charge is -2.11. The molecule has 6 nitrogen and oxygen atoms in total. The molecule has 3 heterocycles. The summed E-state index contributed by atoms with van der Waals surface area (Å²) in [6, 6.07) is 5.92. The lowest BCUT2D eigenvalue weighted by molar-refractivity contribution is -0.113. The highest BCUT2D eigenvalue weighted by molar-refractivity contribution is 7.99. The van der Waals surface area contributed by atoms with Gasteiger partial charge in [0.15, 0.2) is 5.13 Å². The second-order valence-corrected chi connectivity index (χ2v) is 8.71. The van der Waals surface area contributed by atoms with Gasteiger partial charge in [0, 0.05) is 30.1 Å². The summed E-state index contributed by atoms with van der Waals surface area (Å²) in [6.07, 6.45) is 2.48. The Labute approximate surface area is 166 Å². The highest BCUT2D eigenvalue weighted by atomic mass is 32.2. The number of rotatable bonds is 6. The van der Waals surface area contributed by atoms with Crippen molar-refractivity contribution < 1.29 is 9.32 Å². The van der Waals surface area contributed by atoms with Crippen LogP contribution in [0.3, 0.4) is 0 Å². The van der Waals surface area contributed by atoms with E-state index < -0.39 is 0 Å². The number of hydrogen-bond donors (Lipinski definition) is 1. The molecule has 1 saturated heterocycles. The molecule has 2 aromatic heterocycles. The number of thiazole rings is 1. The van der Waals surface area contributed by atoms with Gasteiger partial charge >= 0.3 is 0 Å². The Morgan fingerprint density at radius 3 is 2.89 bits per heavy atom. The Kier molecular flexibility index (Phi) is 5.36. The molecule has 0 unspecified atom stereocenters. The number of hydrogen-bond acceptors (Lipinski definition) is 7. The predicted molar refractivity (Wildman–Crippen MR) is 112 cm³/mol. The first-order chi connectivity index (χ1) is 13.1. The summed E-state index contributed by atoms with van der Waals surface area (Å²) in [4.78, 5) is 19.3. The Morgan fingerprint density at radius 1 is 1.33 bits per heavy atom. The first-order valence-corrected chi connectivity index (χ1v) is 11.0. The molecule has 1 fully saturated rings. The fraction of sp³-hybridized carbons (Fsp3) is 0.421. The van der Waals surface area contributed by atoms with Crippen LogP contribution in [-0.2, 0) is 10.5 Å². The lowest BCUT2D eigenvalue weighted by atomic mass is 10.2. The van der Waals surface area contributed by atoms with E-state index in [0.717, 1.165) is 56.9 Å². The summed E-state index contributed by atoms with van der Waals surface area (Å²) in [5.41, 5.74) is 3.79. The third kappa shape index (κ3) is 4.11. The van der Waals surface area contributed by atoms with Gasteiger partial charge in [0.2, 0.25) is 5.91 Å². The van der Waals surface area contributed by atoms with Crippen molar-refractivity contribution in [2.24, 2.45) is 0 Å². The smallest absolute Gasteiger partial charge is 0.234 e. The van der Waals surface area contributed by atoms with Gasteiger partial charge in [0.05, 0.1) is 21.7 Å². The van der Waals surface area contributed by atoms with Gasteiger partial charge in [-0.25, -0.2) is 4.98 Å². The molecule has 0 aliphatic carbocycles. The van der Waals surface area contributed by atoms with Gasteiger partial charge in [-0.05, 0) is 44.9 Å². The molecule has 1 aliphatic heterocycles. The summed E-state index contributed by atoms with van der Waals surface area (Å²) in [5, 5.41) is 8.02. The molecule has 1 amide bonds. The standard InChI is InChI=1S/C19H22N4O2S2/c1-12-15(13(2)25-22-12)10-26-11-18(24)20-14-5-6-16-17(9-14)27-19(21-16)23-7-3-4-8-23/h5-6,9H,3-4,7-8,10-11H2,1-2H3,(H,20,24). The van der Waals surface area contributed by atoms with E-state index in [9.17, 15) is 4.79 Å². The SMILES string of the molecule is Cc1noc(C)c1CSCC(=O)Nc1ccc2nc(N3CCCC3)sc2c1. The summed E-state index contributed by atoms with van der Waals surface area (Å²) in [5.74, 6) is 1.94. The van der Waals surface area contributed by atoms with Crippen molar-refractivity contribution in [1.82, 2.24) is 10.1 Å². The minimum atomic E-state index is -0.00427. The average Bonchev–Trinajstić information content (AvgIpc) is 3.37. The molecule has 1 aromatic carbocycles. The Hall–Kier alpha value is -2.06. The van der Waals surface area contributed by atoms with Crippen molar-refractivity contribution in [3.8, 4) is 0 Å². The fourth-order valence-electron chi connectivity index (χ4n) is 3.18. The third-order valence-corrected chi connectivity index (χ3v) is 6.74. The van der Waals surface area contributed by atoms with Gasteiger partial charge in [0.25, 0.3) is 0 Å². The summed E-state index contributed by atoms with van der Waals surface area (Å²) in [7, 11) is 0. The zero-order valence-electron chi connectivity index (χ0n) is 15.4. The molecule has 4 rings (SSSR count). The molecule has 0 atom stereocenters. The minimum Gasteiger partial charge on any atom is -0.361 e. The van der Waals surface area contributed by atoms with E-state index in [1.807, 2.05) is 32.0 Å². The molecular weight excluding hydrogens is 380 g/mol. The highest BCUT2D eigenvalue weighted by Crippen LogP contribution is 2.32. The normalized spacial score (nSPS) is 14.2. The zero-order valence-corrected chi connectivity index (χ0v) is 17.1. The van der Waals surface area contributed by atoms with E-state index in [1.54, 1.807) is 23.1 Å². The van der Waals surface area contributed by atoms with Crippen molar-refractivity contribution in [2.75, 3.05) is 29.1 Å². The van der Waals surface area contributed by atoms with Gasteiger partial charge < -0.3 is 14.7 Å². The van der Waals surface area contributed by atoms with Gasteiger partial charge in [-0.3, -0.25) is 4.79 Å². The quantitative estimate of drug-likeness (QED) is 0.660. The topological polar surface area (TPSA) is 71.3 Å². The summed E-state index contributed by atoms with van der Waals surface area (Å²) >= 11 is 3.26. The molecule has 1 N–H and O–H groups in total. The van der Waals surface area contributed by atoms with Crippen LogP contribution in [0.4, 0.5) is 10.8 Å². The maximum absolute atomic E-state index is 12.3. The number of aromatic nitrogens is 2. The molecule has 1 aliphatic rings. The highest BCUT2D eigenvalue weighted by Gasteiger charge is 2.16. The largest absolute Gasteiger partial charge is 0.361 e. The number of aryl methyl sites for hydroxylation is 2. The second-order valence-electron chi connectivity index (χ2n) is 6.72. The van der Waals surface area contributed by atoms with Crippen molar-refractivity contribution in [3.05, 3.63) is 35.2 Å². The van der Waals surface area contributed by atoms with Crippen LogP contribution in [0, 0.1) is 13.8 Å². The first kappa shape index (κ1) is 18.3. The Balaban J connectivity index is 1.35. The fourth-order valence-corrected chi connectivity index (χ4v) is 5.22. The van der Waals surface area contributed by atoms with Gasteiger partial charge in [-0.2, -0.15) is 0 Å². The maximum atomic E-state index is 12.3. The van der Waals surface area contributed by atoms with Crippen molar-refractivity contribution in [2.45, 2.75) is 32.4 Å². The number of anilines is 2. The van der Waals surface area contributed by atoms with Gasteiger partial charge in [-0.1, -0.05) is 16.5 Å². The lowest BCUT2D eigenvalue weighted by Crippen LogP contribution is -2.16. The molecular formula is C19H22N4O2S2. The minimum absolute atomic E-state index is 0.00427. The van der Waals surface area contributed by atoms with Crippen molar-refractivity contribution in [1.29, 1.82) is 0 Å². The molecule has 8 heteroatoms. The predicted octanol–water partition coefficient (Wildman–Crippen LogP) is 4.37. The van der Waals surface area contributed by atoms with E-state index in [0.29, 0.717) is 5.75 Å². The molecule has 142 valence electrons. The maximum Gasteiger partial charge on any atom is 0.234 e. The number of nitrogens with one attached hydrogen (secondary N) is 1. The second kappa shape index (κ2) is 7.90. The number of nitrogens with zero attached hydrogens (tertiary/aromatic N) is 3. The van der Waals surface area contributed by atoms with Gasteiger partial charge in [0.1, 0.15) is 5.76 Å². The first-order valence-electron chi connectivity index (χ1n) is 9.05. The molecule has 3 aromatic rings. The zero-order chi connectivity index (χ0) is 18.8. The van der Waals surface area contributed by atoms with E-state index in [2.05, 4.69) is 15.4 Å². The van der Waals surface area contributed by atoms with Crippen LogP contribution in [0.2, 0.25) is 0 Å². The van der Waals surface area contributed by atoms with Gasteiger partial charge in [-0.15, -0.1) is 11.8 Å². The number of amides is 1. The van der Waals surface area contributed by atoms with Crippen LogP contribution in [0.25, 0.3) is 10.2 Å². The molecule has 0 radical (unpaired) electrons. The van der Waals surface area contributed by atoms with E-state index >= 15 is 0 Å². The molecule has 0 saturated carbocycles. The number of fused-ring (bicyclic) bond motifs is 1. The van der Waals surface area contributed by atoms with Crippen LogP contribution in [-0.4, -0.2) is 34.9 Å². The van der Waals surface area contributed by atoms with Crippen LogP contribution >= 0.6 is 23.1 Å². The van der Waals surface area contributed by atoms with Crippen LogP contribution < -0.4 is 10.2 Å². The summed E-state index contributed by atoms with van der Waals surface area (Å²) in [6.45, 7) is 6.00. The average molecular weight is 403 g/mol. The van der Waals surface area contributed by atoms with Crippen LogP contribution in [0.5, 0.6) is 0 Å². The van der Waals surface area contributed by atoms with E-state index in [1.165, 1.54) is 12.8 Å². The van der Waals surface area contributed by atoms with Crippen molar-refractivity contribution >= 4 is 50.0 Å². The van der Waals surface area contributed by atoms with Crippen molar-refractivity contribution in [3.63, 3.8) is 0 Å². The van der Waals surface area contributed by atoms with E-state index in [-0.39, 0.29) is 5.91 Å². The molecule has 0 bridgehead atoms. The molecule has 27 heavy (non-hydrogen) atoms. The number of carbonyl (C=O) groups is 1. The summed E-state index contributed by atoms with van der Waals surface area (Å²) < 4.78 is 6.27. The monoisotopic (exact) mass is 402 g/mol. The third-order valence-electron chi connectivity index (χ3n) is 4.70. The molecule has 0 spiro atoms.